The van der Waals surface area contributed by atoms with Crippen LogP contribution in [0.3, 0.4) is 0 Å². The number of rotatable bonds is 5. The number of methoxy groups -OCH3 is 1. The van der Waals surface area contributed by atoms with Gasteiger partial charge in [-0.2, -0.15) is 13.2 Å². The van der Waals surface area contributed by atoms with E-state index in [-0.39, 0.29) is 5.70 Å². The molecule has 2 aromatic rings. The summed E-state index contributed by atoms with van der Waals surface area (Å²) in [7, 11) is 1.47. The fourth-order valence-electron chi connectivity index (χ4n) is 1.93. The summed E-state index contributed by atoms with van der Waals surface area (Å²) in [5.41, 5.74) is 6.90. The van der Waals surface area contributed by atoms with Crippen LogP contribution < -0.4 is 15.8 Å². The van der Waals surface area contributed by atoms with Gasteiger partial charge < -0.3 is 15.8 Å². The highest BCUT2D eigenvalue weighted by Gasteiger charge is 2.37. The minimum absolute atomic E-state index is 0.0159. The molecule has 2 aromatic carbocycles. The van der Waals surface area contributed by atoms with Gasteiger partial charge in [0.2, 0.25) is 0 Å². The van der Waals surface area contributed by atoms with E-state index in [2.05, 4.69) is 5.32 Å². The van der Waals surface area contributed by atoms with Crippen molar-refractivity contribution in [1.29, 1.82) is 0 Å². The van der Waals surface area contributed by atoms with E-state index in [0.717, 1.165) is 0 Å². The van der Waals surface area contributed by atoms with Crippen LogP contribution in [0.2, 0.25) is 0 Å². The second kappa shape index (κ2) is 7.08. The molecule has 0 spiro atoms. The van der Waals surface area contributed by atoms with Gasteiger partial charge in [0.15, 0.2) is 0 Å². The van der Waals surface area contributed by atoms with Gasteiger partial charge in [0, 0.05) is 11.8 Å². The Morgan fingerprint density at radius 3 is 2.29 bits per heavy atom. The lowest BCUT2D eigenvalue weighted by molar-refractivity contribution is -0.165. The van der Waals surface area contributed by atoms with E-state index in [9.17, 15) is 18.0 Å². The lowest BCUT2D eigenvalue weighted by atomic mass is 10.1. The monoisotopic (exact) mass is 336 g/mol. The van der Waals surface area contributed by atoms with Crippen molar-refractivity contribution < 1.29 is 22.7 Å². The summed E-state index contributed by atoms with van der Waals surface area (Å²) in [5, 5.41) is 2.78. The number of benzene rings is 2. The topological polar surface area (TPSA) is 64.3 Å². The Bertz CT molecular complexity index is 753. The minimum Gasteiger partial charge on any atom is -0.497 e. The van der Waals surface area contributed by atoms with E-state index < -0.39 is 12.0 Å². The lowest BCUT2D eigenvalue weighted by Crippen LogP contribution is -2.21. The van der Waals surface area contributed by atoms with Crippen LogP contribution in [0.25, 0.3) is 5.70 Å². The van der Waals surface area contributed by atoms with Crippen molar-refractivity contribution in [2.75, 3.05) is 18.2 Å². The second-order valence-electron chi connectivity index (χ2n) is 4.86. The molecule has 7 heteroatoms. The van der Waals surface area contributed by atoms with E-state index in [1.54, 1.807) is 48.5 Å². The standard InChI is InChI=1S/C17H15F3N2O2/c1-24-12-8-6-11(7-9-12)15(10-16(23)17(18,19)20)22-14-5-3-2-4-13(14)21/h2-10,22H,21H2,1H3/b15-10+. The second-order valence-corrected chi connectivity index (χ2v) is 4.86. The first-order valence-corrected chi connectivity index (χ1v) is 6.90. The van der Waals surface area contributed by atoms with Crippen molar-refractivity contribution in [3.8, 4) is 5.75 Å². The molecule has 0 atom stereocenters. The van der Waals surface area contributed by atoms with Crippen LogP contribution in [0, 0.1) is 0 Å². The summed E-state index contributed by atoms with van der Waals surface area (Å²) in [4.78, 5) is 11.3. The molecule has 0 radical (unpaired) electrons. The molecule has 0 aliphatic carbocycles. The molecule has 0 aliphatic heterocycles. The van der Waals surface area contributed by atoms with Crippen LogP contribution >= 0.6 is 0 Å². The number of nitrogen functional groups attached to an aromatic ring is 1. The maximum absolute atomic E-state index is 12.6. The van der Waals surface area contributed by atoms with Gasteiger partial charge in [-0.05, 0) is 42.0 Å². The molecule has 24 heavy (non-hydrogen) atoms. The molecule has 0 unspecified atom stereocenters. The summed E-state index contributed by atoms with van der Waals surface area (Å²) in [5.74, 6) is -1.42. The zero-order valence-corrected chi connectivity index (χ0v) is 12.7. The van der Waals surface area contributed by atoms with Gasteiger partial charge in [-0.15, -0.1) is 0 Å². The largest absolute Gasteiger partial charge is 0.497 e. The first-order valence-electron chi connectivity index (χ1n) is 6.90. The Kier molecular flexibility index (Phi) is 5.13. The van der Waals surface area contributed by atoms with Gasteiger partial charge in [-0.1, -0.05) is 12.1 Å². The van der Waals surface area contributed by atoms with E-state index in [1.807, 2.05) is 0 Å². The van der Waals surface area contributed by atoms with Gasteiger partial charge in [0.25, 0.3) is 5.78 Å². The van der Waals surface area contributed by atoms with Gasteiger partial charge in [0.1, 0.15) is 5.75 Å². The molecule has 0 saturated heterocycles. The quantitative estimate of drug-likeness (QED) is 0.643. The van der Waals surface area contributed by atoms with E-state index in [1.165, 1.54) is 7.11 Å². The Balaban J connectivity index is 2.42. The number of nitrogens with one attached hydrogen (secondary N) is 1. The van der Waals surface area contributed by atoms with Crippen LogP contribution in [0.4, 0.5) is 24.5 Å². The highest BCUT2D eigenvalue weighted by molar-refractivity contribution is 6.02. The molecule has 2 rings (SSSR count). The first kappa shape index (κ1) is 17.4. The van der Waals surface area contributed by atoms with Gasteiger partial charge in [-0.25, -0.2) is 0 Å². The zero-order chi connectivity index (χ0) is 17.7. The number of nitrogens with two attached hydrogens (primary N) is 1. The van der Waals surface area contributed by atoms with Crippen LogP contribution in [0.1, 0.15) is 5.56 Å². The SMILES string of the molecule is COc1ccc(/C(=C\C(=O)C(F)(F)F)Nc2ccccc2N)cc1. The van der Waals surface area contributed by atoms with Gasteiger partial charge in [0.05, 0.1) is 18.5 Å². The van der Waals surface area contributed by atoms with Crippen LogP contribution in [-0.4, -0.2) is 19.1 Å². The molecule has 0 aromatic heterocycles. The number of para-hydroxylation sites is 2. The van der Waals surface area contributed by atoms with Gasteiger partial charge in [-0.3, -0.25) is 4.79 Å². The van der Waals surface area contributed by atoms with E-state index >= 15 is 0 Å². The Morgan fingerprint density at radius 2 is 1.75 bits per heavy atom. The predicted octanol–water partition coefficient (Wildman–Crippen LogP) is 3.86. The highest BCUT2D eigenvalue weighted by atomic mass is 19.4. The molecule has 0 amide bonds. The third kappa shape index (κ3) is 4.28. The van der Waals surface area contributed by atoms with Gasteiger partial charge >= 0.3 is 6.18 Å². The van der Waals surface area contributed by atoms with E-state index in [0.29, 0.717) is 28.8 Å². The van der Waals surface area contributed by atoms with Crippen molar-refractivity contribution in [2.24, 2.45) is 0 Å². The third-order valence-corrected chi connectivity index (χ3v) is 3.19. The molecular weight excluding hydrogens is 321 g/mol. The molecule has 0 heterocycles. The lowest BCUT2D eigenvalue weighted by Gasteiger charge is -2.14. The molecule has 3 N–H and O–H groups in total. The van der Waals surface area contributed by atoms with Crippen molar-refractivity contribution in [1.82, 2.24) is 0 Å². The third-order valence-electron chi connectivity index (χ3n) is 3.19. The summed E-state index contributed by atoms with van der Waals surface area (Å²) < 4.78 is 42.8. The fourth-order valence-corrected chi connectivity index (χ4v) is 1.93. The average Bonchev–Trinajstić information content (AvgIpc) is 2.55. The Morgan fingerprint density at radius 1 is 1.12 bits per heavy atom. The predicted molar refractivity (Wildman–Crippen MR) is 86.5 cm³/mol. The van der Waals surface area contributed by atoms with Crippen LogP contribution in [0.15, 0.2) is 54.6 Å². The van der Waals surface area contributed by atoms with Crippen molar-refractivity contribution >= 4 is 22.9 Å². The molecule has 0 fully saturated rings. The number of carbonyl (C=O) groups is 1. The number of hydrogen-bond acceptors (Lipinski definition) is 4. The summed E-state index contributed by atoms with van der Waals surface area (Å²) in [6.07, 6.45) is -4.45. The molecule has 4 nitrogen and oxygen atoms in total. The minimum atomic E-state index is -4.96. The van der Waals surface area contributed by atoms with E-state index in [4.69, 9.17) is 10.5 Å². The molecule has 0 bridgehead atoms. The molecule has 0 saturated carbocycles. The smallest absolute Gasteiger partial charge is 0.454 e. The van der Waals surface area contributed by atoms with Crippen molar-refractivity contribution in [3.63, 3.8) is 0 Å². The normalized spacial score (nSPS) is 11.9. The zero-order valence-electron chi connectivity index (χ0n) is 12.7. The van der Waals surface area contributed by atoms with Crippen molar-refractivity contribution in [3.05, 3.63) is 60.2 Å². The number of alkyl halides is 3. The van der Waals surface area contributed by atoms with Crippen LogP contribution in [-0.2, 0) is 4.79 Å². The summed E-state index contributed by atoms with van der Waals surface area (Å²) in [6, 6.07) is 12.8. The van der Waals surface area contributed by atoms with Crippen molar-refractivity contribution in [2.45, 2.75) is 6.18 Å². The average molecular weight is 336 g/mol. The van der Waals surface area contributed by atoms with Crippen LogP contribution in [0.5, 0.6) is 5.75 Å². The maximum atomic E-state index is 12.6. The number of carbonyl (C=O) groups excluding carboxylic acids is 1. The molecule has 126 valence electrons. The number of halogens is 3. The Labute approximate surface area is 136 Å². The number of allylic oxidation sites excluding steroid dienone is 1. The number of hydrogen-bond donors (Lipinski definition) is 2. The maximum Gasteiger partial charge on any atom is 0.454 e. The fraction of sp³-hybridized carbons (Fsp3) is 0.118. The number of ketones is 1. The first-order chi connectivity index (χ1) is 11.3. The summed E-state index contributed by atoms with van der Waals surface area (Å²) >= 11 is 0. The summed E-state index contributed by atoms with van der Waals surface area (Å²) in [6.45, 7) is 0. The molecular formula is C17H15F3N2O2. The number of anilines is 2. The Hall–Kier alpha value is -2.96. The highest BCUT2D eigenvalue weighted by Crippen LogP contribution is 2.26. The molecule has 0 aliphatic rings. The number of ether oxygens (including phenoxy) is 1.